The molecule has 0 saturated carbocycles. The molecule has 18 heavy (non-hydrogen) atoms. The van der Waals surface area contributed by atoms with E-state index in [-0.39, 0.29) is 5.91 Å². The lowest BCUT2D eigenvalue weighted by Gasteiger charge is -2.05. The second-order valence-corrected chi connectivity index (χ2v) is 5.16. The predicted octanol–water partition coefficient (Wildman–Crippen LogP) is 2.11. The maximum Gasteiger partial charge on any atom is 0.237 e. The molecule has 0 aliphatic rings. The van der Waals surface area contributed by atoms with Crippen molar-refractivity contribution in [3.8, 4) is 5.69 Å². The first-order valence-corrected chi connectivity index (χ1v) is 6.46. The smallest absolute Gasteiger partial charge is 0.237 e. The number of hydrogen-bond donors (Lipinski definition) is 1. The molecule has 0 aliphatic heterocycles. The number of thiazole rings is 1. The van der Waals surface area contributed by atoms with Crippen molar-refractivity contribution in [2.24, 2.45) is 5.10 Å². The number of nitrogens with one attached hydrogen (secondary N) is 1. The minimum Gasteiger partial charge on any atom is -0.288 e. The number of aryl methyl sites for hydroxylation is 1. The van der Waals surface area contributed by atoms with Crippen molar-refractivity contribution in [2.75, 3.05) is 0 Å². The third-order valence-electron chi connectivity index (χ3n) is 2.60. The molecule has 1 N–H and O–H groups in total. The van der Waals surface area contributed by atoms with E-state index < -0.39 is 0 Å². The first-order chi connectivity index (χ1) is 8.59. The normalized spacial score (nSPS) is 11.6. The van der Waals surface area contributed by atoms with Crippen LogP contribution in [0, 0.1) is 13.8 Å². The highest BCUT2D eigenvalue weighted by Gasteiger charge is 2.07. The molecule has 0 radical (unpaired) electrons. The summed E-state index contributed by atoms with van der Waals surface area (Å²) in [4.78, 5) is 12.9. The maximum atomic E-state index is 10.9. The van der Waals surface area contributed by atoms with Crippen LogP contribution in [0.4, 0.5) is 0 Å². The third kappa shape index (κ3) is 2.51. The van der Waals surface area contributed by atoms with Crippen molar-refractivity contribution in [3.05, 3.63) is 45.7 Å². The van der Waals surface area contributed by atoms with E-state index in [0.29, 0.717) is 0 Å². The van der Waals surface area contributed by atoms with Crippen LogP contribution in [0.15, 0.2) is 35.4 Å². The van der Waals surface area contributed by atoms with Crippen LogP contribution in [0.5, 0.6) is 0 Å². The summed E-state index contributed by atoms with van der Waals surface area (Å²) in [5, 5.41) is 4.15. The van der Waals surface area contributed by atoms with Gasteiger partial charge in [0.25, 0.3) is 0 Å². The fourth-order valence-corrected chi connectivity index (χ4v) is 2.58. The van der Waals surface area contributed by atoms with Crippen molar-refractivity contribution in [2.45, 2.75) is 20.8 Å². The maximum absolute atomic E-state index is 10.9. The van der Waals surface area contributed by atoms with Gasteiger partial charge in [0.1, 0.15) is 0 Å². The molecule has 0 aliphatic carbocycles. The Bertz CT molecular complexity index is 625. The van der Waals surface area contributed by atoms with Gasteiger partial charge in [0.05, 0.1) is 0 Å². The molecule has 0 fully saturated rings. The largest absolute Gasteiger partial charge is 0.288 e. The Kier molecular flexibility index (Phi) is 3.62. The summed E-state index contributed by atoms with van der Waals surface area (Å²) < 4.78 is 2.04. The van der Waals surface area contributed by atoms with Gasteiger partial charge in [-0.2, -0.15) is 0 Å². The summed E-state index contributed by atoms with van der Waals surface area (Å²) in [6, 6.07) is 9.98. The number of aromatic nitrogens is 1. The lowest BCUT2D eigenvalue weighted by Crippen LogP contribution is -2.22. The van der Waals surface area contributed by atoms with E-state index in [0.717, 1.165) is 16.2 Å². The number of hydrogen-bond acceptors (Lipinski definition) is 3. The molecule has 1 heterocycles. The average Bonchev–Trinajstić information content (AvgIpc) is 2.64. The van der Waals surface area contributed by atoms with E-state index in [4.69, 9.17) is 0 Å². The molecule has 1 amide bonds. The van der Waals surface area contributed by atoms with Crippen LogP contribution >= 0.6 is 11.3 Å². The lowest BCUT2D eigenvalue weighted by molar-refractivity contribution is -0.119. The molecule has 2 rings (SSSR count). The second kappa shape index (κ2) is 5.18. The Morgan fingerprint density at radius 1 is 1.28 bits per heavy atom. The molecule has 0 atom stereocenters. The molecule has 0 spiro atoms. The molecular weight excluding hydrogens is 246 g/mol. The fourth-order valence-electron chi connectivity index (χ4n) is 1.64. The Morgan fingerprint density at radius 3 is 2.56 bits per heavy atom. The fraction of sp³-hybridized carbons (Fsp3) is 0.231. The van der Waals surface area contributed by atoms with Crippen LogP contribution in [-0.4, -0.2) is 10.5 Å². The summed E-state index contributed by atoms with van der Waals surface area (Å²) in [5.74, 6) is -0.168. The second-order valence-electron chi connectivity index (χ2n) is 3.98. The van der Waals surface area contributed by atoms with Crippen LogP contribution < -0.4 is 10.2 Å². The summed E-state index contributed by atoms with van der Waals surface area (Å²) in [7, 11) is 0. The highest BCUT2D eigenvalue weighted by Crippen LogP contribution is 2.15. The van der Waals surface area contributed by atoms with E-state index in [2.05, 4.69) is 10.5 Å². The van der Waals surface area contributed by atoms with E-state index in [1.165, 1.54) is 11.8 Å². The zero-order chi connectivity index (χ0) is 13.1. The van der Waals surface area contributed by atoms with Crippen molar-refractivity contribution in [1.82, 2.24) is 9.99 Å². The SMILES string of the molecule is CC(=O)NN=c1sc(C)c(C)n1-c1ccccc1. The monoisotopic (exact) mass is 261 g/mol. The van der Waals surface area contributed by atoms with Crippen molar-refractivity contribution < 1.29 is 4.79 Å². The molecular formula is C13H15N3OS. The van der Waals surface area contributed by atoms with E-state index in [1.807, 2.05) is 48.7 Å². The number of para-hydroxylation sites is 1. The van der Waals surface area contributed by atoms with E-state index in [1.54, 1.807) is 11.3 Å². The third-order valence-corrected chi connectivity index (χ3v) is 3.66. The number of nitrogens with zero attached hydrogens (tertiary/aromatic N) is 2. The molecule has 0 saturated heterocycles. The average molecular weight is 261 g/mol. The molecule has 0 unspecified atom stereocenters. The van der Waals surface area contributed by atoms with Gasteiger partial charge in [-0.15, -0.1) is 5.10 Å². The van der Waals surface area contributed by atoms with Crippen molar-refractivity contribution >= 4 is 17.2 Å². The van der Waals surface area contributed by atoms with E-state index >= 15 is 0 Å². The Balaban J connectivity index is 2.59. The molecule has 94 valence electrons. The van der Waals surface area contributed by atoms with Crippen LogP contribution in [-0.2, 0) is 4.79 Å². The Labute approximate surface area is 110 Å². The van der Waals surface area contributed by atoms with Crippen LogP contribution in [0.1, 0.15) is 17.5 Å². The predicted molar refractivity (Wildman–Crippen MR) is 72.5 cm³/mol. The lowest BCUT2D eigenvalue weighted by atomic mass is 10.3. The minimum atomic E-state index is -0.168. The topological polar surface area (TPSA) is 46.4 Å². The summed E-state index contributed by atoms with van der Waals surface area (Å²) in [6.45, 7) is 5.54. The van der Waals surface area contributed by atoms with Gasteiger partial charge < -0.3 is 0 Å². The van der Waals surface area contributed by atoms with Crippen molar-refractivity contribution in [1.29, 1.82) is 0 Å². The van der Waals surface area contributed by atoms with Gasteiger partial charge in [0, 0.05) is 23.2 Å². The molecule has 1 aromatic heterocycles. The highest BCUT2D eigenvalue weighted by atomic mass is 32.1. The number of amides is 1. The molecule has 1 aromatic carbocycles. The van der Waals surface area contributed by atoms with Gasteiger partial charge in [-0.25, -0.2) is 5.43 Å². The van der Waals surface area contributed by atoms with Gasteiger partial charge in [-0.3, -0.25) is 9.36 Å². The number of carbonyl (C=O) groups excluding carboxylic acids is 1. The quantitative estimate of drug-likeness (QED) is 0.827. The van der Waals surface area contributed by atoms with Crippen LogP contribution in [0.25, 0.3) is 5.69 Å². The highest BCUT2D eigenvalue weighted by molar-refractivity contribution is 7.09. The van der Waals surface area contributed by atoms with Crippen LogP contribution in [0.3, 0.4) is 0 Å². The zero-order valence-electron chi connectivity index (χ0n) is 10.6. The molecule has 0 bridgehead atoms. The van der Waals surface area contributed by atoms with E-state index in [9.17, 15) is 4.79 Å². The van der Waals surface area contributed by atoms with Gasteiger partial charge >= 0.3 is 0 Å². The summed E-state index contributed by atoms with van der Waals surface area (Å²) in [5.41, 5.74) is 4.67. The first kappa shape index (κ1) is 12.6. The molecule has 4 nitrogen and oxygen atoms in total. The van der Waals surface area contributed by atoms with Gasteiger partial charge in [0.2, 0.25) is 10.7 Å². The molecule has 5 heteroatoms. The molecule has 2 aromatic rings. The van der Waals surface area contributed by atoms with Crippen LogP contribution in [0.2, 0.25) is 0 Å². The van der Waals surface area contributed by atoms with Gasteiger partial charge in [0.15, 0.2) is 0 Å². The zero-order valence-corrected chi connectivity index (χ0v) is 11.4. The number of rotatable bonds is 2. The Hall–Kier alpha value is -1.88. The van der Waals surface area contributed by atoms with Gasteiger partial charge in [-0.1, -0.05) is 29.5 Å². The van der Waals surface area contributed by atoms with Crippen molar-refractivity contribution in [3.63, 3.8) is 0 Å². The standard InChI is InChI=1S/C13H15N3OS/c1-9-10(2)18-13(15-14-11(3)17)16(9)12-7-5-4-6-8-12/h4-8H,1-3H3,(H,14,17). The summed E-state index contributed by atoms with van der Waals surface area (Å²) in [6.07, 6.45) is 0. The number of benzene rings is 1. The summed E-state index contributed by atoms with van der Waals surface area (Å²) >= 11 is 1.56. The Morgan fingerprint density at radius 2 is 1.94 bits per heavy atom. The first-order valence-electron chi connectivity index (χ1n) is 5.64. The van der Waals surface area contributed by atoms with Gasteiger partial charge in [-0.05, 0) is 26.0 Å². The minimum absolute atomic E-state index is 0.168. The number of carbonyl (C=O) groups is 1.